The molecule has 1 aromatic rings. The molecule has 6 heteroatoms. The second-order valence-corrected chi connectivity index (χ2v) is 13.8. The molecule has 0 aromatic heterocycles. The zero-order chi connectivity index (χ0) is 26.4. The van der Waals surface area contributed by atoms with Crippen LogP contribution in [0.25, 0.3) is 0 Å². The van der Waals surface area contributed by atoms with E-state index >= 15 is 0 Å². The van der Waals surface area contributed by atoms with Crippen LogP contribution in [0.3, 0.4) is 0 Å². The van der Waals surface area contributed by atoms with Crippen molar-refractivity contribution in [3.05, 3.63) is 35.9 Å². The van der Waals surface area contributed by atoms with Gasteiger partial charge in [-0.1, -0.05) is 71.9 Å². The molecular formula is C30H48N2O4. The van der Waals surface area contributed by atoms with Gasteiger partial charge in [0.05, 0.1) is 11.2 Å². The van der Waals surface area contributed by atoms with E-state index in [0.29, 0.717) is 31.5 Å². The van der Waals surface area contributed by atoms with Gasteiger partial charge in [0.15, 0.2) is 0 Å². The van der Waals surface area contributed by atoms with Gasteiger partial charge >= 0.3 is 6.09 Å². The molecule has 2 unspecified atom stereocenters. The Hall–Kier alpha value is -1.63. The van der Waals surface area contributed by atoms with Gasteiger partial charge in [0.25, 0.3) is 0 Å². The molecule has 1 amide bonds. The third kappa shape index (κ3) is 5.61. The van der Waals surface area contributed by atoms with E-state index < -0.39 is 11.2 Å². The summed E-state index contributed by atoms with van der Waals surface area (Å²) in [6, 6.07) is 11.1. The fraction of sp³-hybridized carbons (Fsp3) is 0.767. The van der Waals surface area contributed by atoms with Crippen LogP contribution in [0.1, 0.15) is 98.5 Å². The molecule has 3 N–H and O–H groups in total. The summed E-state index contributed by atoms with van der Waals surface area (Å²) in [6.07, 6.45) is 7.36. The van der Waals surface area contributed by atoms with Crippen LogP contribution in [0.4, 0.5) is 4.79 Å². The van der Waals surface area contributed by atoms with Gasteiger partial charge in [-0.05, 0) is 67.8 Å². The predicted molar refractivity (Wildman–Crippen MR) is 142 cm³/mol. The number of fused-ring (bicyclic) bond motifs is 4. The molecule has 0 spiro atoms. The molecule has 4 aliphatic rings. The van der Waals surface area contributed by atoms with E-state index in [1.807, 2.05) is 35.2 Å². The van der Waals surface area contributed by atoms with Crippen LogP contribution in [-0.4, -0.2) is 56.6 Å². The Balaban J connectivity index is 0.000000197. The van der Waals surface area contributed by atoms with Crippen molar-refractivity contribution in [3.8, 4) is 0 Å². The van der Waals surface area contributed by atoms with Crippen molar-refractivity contribution in [1.29, 1.82) is 0 Å². The highest BCUT2D eigenvalue weighted by atomic mass is 16.6. The fourth-order valence-electron chi connectivity index (χ4n) is 6.66. The minimum Gasteiger partial charge on any atom is -0.445 e. The van der Waals surface area contributed by atoms with Gasteiger partial charge in [-0.25, -0.2) is 4.79 Å². The first-order valence-electron chi connectivity index (χ1n) is 13.9. The van der Waals surface area contributed by atoms with Gasteiger partial charge in [0, 0.05) is 24.2 Å². The SMILES string of the molecule is CC(C)(C)C1(O)C[C@H]2CC[C@@H](C1)N2.CC(C)(C)C1(O)C[C@H]2CC[C@@H](C1)N2C(=O)OCc1ccccc1. The molecule has 0 radical (unpaired) electrons. The number of rotatable bonds is 2. The Bertz CT molecular complexity index is 878. The molecule has 0 saturated carbocycles. The number of hydrogen-bond acceptors (Lipinski definition) is 5. The third-order valence-corrected chi connectivity index (χ3v) is 9.48. The van der Waals surface area contributed by atoms with E-state index in [4.69, 9.17) is 4.74 Å². The molecule has 6 nitrogen and oxygen atoms in total. The lowest BCUT2D eigenvalue weighted by Crippen LogP contribution is -2.57. The first-order chi connectivity index (χ1) is 16.7. The van der Waals surface area contributed by atoms with Crippen molar-refractivity contribution in [2.75, 3.05) is 0 Å². The fourth-order valence-corrected chi connectivity index (χ4v) is 6.66. The number of benzene rings is 1. The normalized spacial score (nSPS) is 35.7. The third-order valence-electron chi connectivity index (χ3n) is 9.48. The van der Waals surface area contributed by atoms with E-state index in [2.05, 4.69) is 46.9 Å². The van der Waals surface area contributed by atoms with Crippen molar-refractivity contribution >= 4 is 6.09 Å². The number of carbonyl (C=O) groups is 1. The van der Waals surface area contributed by atoms with Gasteiger partial charge in [-0.3, -0.25) is 0 Å². The van der Waals surface area contributed by atoms with E-state index in [0.717, 1.165) is 31.2 Å². The number of hydrogen-bond donors (Lipinski definition) is 3. The second kappa shape index (κ2) is 9.92. The second-order valence-electron chi connectivity index (χ2n) is 13.8. The Labute approximate surface area is 217 Å². The molecule has 36 heavy (non-hydrogen) atoms. The van der Waals surface area contributed by atoms with Crippen molar-refractivity contribution in [3.63, 3.8) is 0 Å². The molecule has 5 rings (SSSR count). The number of aliphatic hydroxyl groups is 2. The maximum atomic E-state index is 12.5. The van der Waals surface area contributed by atoms with Gasteiger partial charge in [-0.2, -0.15) is 0 Å². The molecule has 4 aliphatic heterocycles. The summed E-state index contributed by atoms with van der Waals surface area (Å²) in [5.41, 5.74) is -0.292. The highest BCUT2D eigenvalue weighted by molar-refractivity contribution is 5.69. The lowest BCUT2D eigenvalue weighted by Gasteiger charge is -2.49. The zero-order valence-electron chi connectivity index (χ0n) is 23.2. The molecule has 202 valence electrons. The smallest absolute Gasteiger partial charge is 0.410 e. The standard InChI is InChI=1S/C19H27NO3.C11H21NO/c1-18(2,3)19(22)11-15-9-10-16(12-19)20(15)17(21)23-13-14-7-5-4-6-8-14;1-10(2,3)11(13)6-8-4-5-9(7-11)12-8/h4-8,15-16,22H,9-13H2,1-3H3;8-9,12-13H,4-7H2,1-3H3/t15-,16+,19?;8-,9+,11?. The first-order valence-corrected chi connectivity index (χ1v) is 13.9. The summed E-state index contributed by atoms with van der Waals surface area (Å²) < 4.78 is 5.51. The maximum Gasteiger partial charge on any atom is 0.410 e. The summed E-state index contributed by atoms with van der Waals surface area (Å²) in [6.45, 7) is 13.0. The summed E-state index contributed by atoms with van der Waals surface area (Å²) in [7, 11) is 0. The van der Waals surface area contributed by atoms with Crippen LogP contribution in [0.15, 0.2) is 30.3 Å². The molecule has 4 heterocycles. The highest BCUT2D eigenvalue weighted by Crippen LogP contribution is 2.48. The highest BCUT2D eigenvalue weighted by Gasteiger charge is 2.54. The van der Waals surface area contributed by atoms with Gasteiger partial charge in [0.1, 0.15) is 6.61 Å². The minimum atomic E-state index is -0.699. The van der Waals surface area contributed by atoms with E-state index in [1.165, 1.54) is 12.8 Å². The minimum absolute atomic E-state index is 0.0238. The zero-order valence-corrected chi connectivity index (χ0v) is 23.2. The number of piperidine rings is 2. The summed E-state index contributed by atoms with van der Waals surface area (Å²) >= 11 is 0. The average molecular weight is 501 g/mol. The lowest BCUT2D eigenvalue weighted by molar-refractivity contribution is -0.115. The van der Waals surface area contributed by atoms with Crippen molar-refractivity contribution in [2.45, 2.75) is 135 Å². The summed E-state index contributed by atoms with van der Waals surface area (Å²) in [5.74, 6) is 0. The number of nitrogens with zero attached hydrogens (tertiary/aromatic N) is 1. The van der Waals surface area contributed by atoms with Crippen LogP contribution in [0.2, 0.25) is 0 Å². The van der Waals surface area contributed by atoms with Crippen molar-refractivity contribution in [2.24, 2.45) is 10.8 Å². The van der Waals surface area contributed by atoms with Gasteiger partial charge < -0.3 is 25.2 Å². The Kier molecular flexibility index (Phi) is 7.55. The molecule has 4 saturated heterocycles. The number of carbonyl (C=O) groups excluding carboxylic acids is 1. The van der Waals surface area contributed by atoms with Crippen molar-refractivity contribution < 1.29 is 19.7 Å². The monoisotopic (exact) mass is 500 g/mol. The Morgan fingerprint density at radius 2 is 1.33 bits per heavy atom. The number of ether oxygens (including phenoxy) is 1. The van der Waals surface area contributed by atoms with Crippen LogP contribution in [0, 0.1) is 10.8 Å². The van der Waals surface area contributed by atoms with Crippen LogP contribution < -0.4 is 5.32 Å². The largest absolute Gasteiger partial charge is 0.445 e. The summed E-state index contributed by atoms with van der Waals surface area (Å²) in [5, 5.41) is 25.1. The Morgan fingerprint density at radius 3 is 1.81 bits per heavy atom. The lowest BCUT2D eigenvalue weighted by atomic mass is 9.69. The van der Waals surface area contributed by atoms with Crippen LogP contribution in [0.5, 0.6) is 0 Å². The molecule has 1 aromatic carbocycles. The van der Waals surface area contributed by atoms with Gasteiger partial charge in [-0.15, -0.1) is 0 Å². The maximum absolute atomic E-state index is 12.5. The molecule has 0 aliphatic carbocycles. The average Bonchev–Trinajstić information content (AvgIpc) is 3.27. The van der Waals surface area contributed by atoms with E-state index in [1.54, 1.807) is 0 Å². The van der Waals surface area contributed by atoms with Gasteiger partial charge in [0.2, 0.25) is 0 Å². The van der Waals surface area contributed by atoms with Crippen LogP contribution in [-0.2, 0) is 11.3 Å². The number of nitrogens with one attached hydrogen (secondary N) is 1. The van der Waals surface area contributed by atoms with E-state index in [9.17, 15) is 15.0 Å². The van der Waals surface area contributed by atoms with E-state index in [-0.39, 0.29) is 29.0 Å². The predicted octanol–water partition coefficient (Wildman–Crippen LogP) is 5.41. The summed E-state index contributed by atoms with van der Waals surface area (Å²) in [4.78, 5) is 14.4. The Morgan fingerprint density at radius 1 is 0.861 bits per heavy atom. The van der Waals surface area contributed by atoms with Crippen molar-refractivity contribution in [1.82, 2.24) is 10.2 Å². The quantitative estimate of drug-likeness (QED) is 0.506. The molecule has 4 bridgehead atoms. The molecule has 6 atom stereocenters. The molecule has 4 fully saturated rings. The topological polar surface area (TPSA) is 82.0 Å². The van der Waals surface area contributed by atoms with Crippen LogP contribution >= 0.6 is 0 Å². The first kappa shape index (κ1) is 27.4. The molecular weight excluding hydrogens is 452 g/mol. The number of amides is 1.